The zero-order chi connectivity index (χ0) is 21.8. The Hall–Kier alpha value is -3.29. The first kappa shape index (κ1) is 21.0. The van der Waals surface area contributed by atoms with Gasteiger partial charge in [0.25, 0.3) is 5.69 Å². The van der Waals surface area contributed by atoms with E-state index in [2.05, 4.69) is 22.1 Å². The van der Waals surface area contributed by atoms with Gasteiger partial charge in [-0.25, -0.2) is 0 Å². The number of nitro groups is 1. The van der Waals surface area contributed by atoms with Gasteiger partial charge >= 0.3 is 0 Å². The monoisotopic (exact) mass is 451 g/mol. The number of rotatable bonds is 7. The second-order valence-corrected chi connectivity index (χ2v) is 8.36. The average Bonchev–Trinajstić information content (AvgIpc) is 3.12. The Kier molecular flexibility index (Phi) is 6.25. The molecule has 156 valence electrons. The fraction of sp³-hybridized carbons (Fsp3) is 0.0870. The van der Waals surface area contributed by atoms with Crippen molar-refractivity contribution in [2.75, 3.05) is 11.1 Å². The van der Waals surface area contributed by atoms with E-state index >= 15 is 0 Å². The van der Waals surface area contributed by atoms with Gasteiger partial charge in [-0.15, -0.1) is 11.8 Å². The number of fused-ring (bicyclic) bond motifs is 1. The first-order valence-electron chi connectivity index (χ1n) is 9.49. The van der Waals surface area contributed by atoms with E-state index in [1.165, 1.54) is 36.0 Å². The number of amides is 1. The number of hydrogen-bond acceptors (Lipinski definition) is 4. The lowest BCUT2D eigenvalue weighted by atomic mass is 10.2. The molecule has 1 heterocycles. The molecular weight excluding hydrogens is 434 g/mol. The van der Waals surface area contributed by atoms with Crippen LogP contribution in [0.25, 0.3) is 10.9 Å². The van der Waals surface area contributed by atoms with Gasteiger partial charge in [0.2, 0.25) is 5.91 Å². The lowest BCUT2D eigenvalue weighted by Gasteiger charge is -2.05. The smallest absolute Gasteiger partial charge is 0.269 e. The molecule has 1 aromatic heterocycles. The van der Waals surface area contributed by atoms with E-state index in [0.717, 1.165) is 21.4 Å². The van der Waals surface area contributed by atoms with Gasteiger partial charge in [-0.2, -0.15) is 0 Å². The number of aromatic nitrogens is 1. The van der Waals surface area contributed by atoms with Crippen LogP contribution in [0.5, 0.6) is 0 Å². The van der Waals surface area contributed by atoms with E-state index in [0.29, 0.717) is 17.3 Å². The van der Waals surface area contributed by atoms with Gasteiger partial charge in [-0.1, -0.05) is 41.9 Å². The molecule has 0 aliphatic rings. The van der Waals surface area contributed by atoms with E-state index in [-0.39, 0.29) is 17.3 Å². The van der Waals surface area contributed by atoms with E-state index < -0.39 is 4.92 Å². The molecule has 4 aromatic rings. The van der Waals surface area contributed by atoms with Crippen LogP contribution in [0.2, 0.25) is 5.02 Å². The van der Waals surface area contributed by atoms with Crippen molar-refractivity contribution in [1.82, 2.24) is 4.57 Å². The predicted octanol–water partition coefficient (Wildman–Crippen LogP) is 5.98. The predicted molar refractivity (Wildman–Crippen MR) is 125 cm³/mol. The number of hydrogen-bond donors (Lipinski definition) is 1. The number of nitrogens with one attached hydrogen (secondary N) is 1. The normalized spacial score (nSPS) is 10.9. The van der Waals surface area contributed by atoms with Gasteiger partial charge in [-0.05, 0) is 35.9 Å². The quantitative estimate of drug-likeness (QED) is 0.213. The largest absolute Gasteiger partial charge is 0.342 e. The molecule has 1 N–H and O–H groups in total. The molecule has 0 bridgehead atoms. The molecule has 0 atom stereocenters. The highest BCUT2D eigenvalue weighted by molar-refractivity contribution is 8.00. The van der Waals surface area contributed by atoms with E-state index in [1.807, 2.05) is 42.5 Å². The summed E-state index contributed by atoms with van der Waals surface area (Å²) in [5.41, 5.74) is 2.75. The molecule has 0 aliphatic carbocycles. The lowest BCUT2D eigenvalue weighted by Crippen LogP contribution is -2.13. The summed E-state index contributed by atoms with van der Waals surface area (Å²) in [4.78, 5) is 23.7. The first-order chi connectivity index (χ1) is 15.0. The van der Waals surface area contributed by atoms with Crippen molar-refractivity contribution in [3.05, 3.63) is 99.7 Å². The minimum absolute atomic E-state index is 0.0131. The molecule has 8 heteroatoms. The standard InChI is InChI=1S/C23H18ClN3O3S/c24-17-7-5-16(6-8-17)13-26-14-22(20-3-1-2-4-21(20)26)31-15-23(28)25-18-9-11-19(12-10-18)27(29)30/h1-12,14H,13,15H2,(H,25,28). The number of para-hydroxylation sites is 1. The molecule has 0 radical (unpaired) electrons. The van der Waals surface area contributed by atoms with Crippen LogP contribution in [0.4, 0.5) is 11.4 Å². The number of anilines is 1. The molecule has 3 aromatic carbocycles. The summed E-state index contributed by atoms with van der Waals surface area (Å²) in [5, 5.41) is 15.3. The van der Waals surface area contributed by atoms with E-state index in [9.17, 15) is 14.9 Å². The van der Waals surface area contributed by atoms with Crippen molar-refractivity contribution in [3.8, 4) is 0 Å². The second-order valence-electron chi connectivity index (χ2n) is 6.91. The van der Waals surface area contributed by atoms with Crippen molar-refractivity contribution in [1.29, 1.82) is 0 Å². The van der Waals surface area contributed by atoms with Crippen molar-refractivity contribution >= 4 is 51.5 Å². The van der Waals surface area contributed by atoms with Crippen LogP contribution in [0.3, 0.4) is 0 Å². The molecular formula is C23H18ClN3O3S. The highest BCUT2D eigenvalue weighted by Gasteiger charge is 2.12. The van der Waals surface area contributed by atoms with Crippen LogP contribution in [0.15, 0.2) is 83.9 Å². The fourth-order valence-corrected chi connectivity index (χ4v) is 4.27. The number of non-ortho nitro benzene ring substituents is 1. The number of nitrogens with zero attached hydrogens (tertiary/aromatic N) is 2. The van der Waals surface area contributed by atoms with Gasteiger partial charge in [-0.3, -0.25) is 14.9 Å². The minimum Gasteiger partial charge on any atom is -0.342 e. The second kappa shape index (κ2) is 9.24. The Morgan fingerprint density at radius 1 is 1.03 bits per heavy atom. The molecule has 31 heavy (non-hydrogen) atoms. The van der Waals surface area contributed by atoms with Crippen molar-refractivity contribution in [2.24, 2.45) is 0 Å². The zero-order valence-corrected chi connectivity index (χ0v) is 17.9. The van der Waals surface area contributed by atoms with Crippen molar-refractivity contribution in [3.63, 3.8) is 0 Å². The highest BCUT2D eigenvalue weighted by Crippen LogP contribution is 2.31. The summed E-state index contributed by atoms with van der Waals surface area (Å²) in [6.45, 7) is 0.702. The number of halogens is 1. The van der Waals surface area contributed by atoms with E-state index in [4.69, 9.17) is 11.6 Å². The molecule has 0 unspecified atom stereocenters. The number of carbonyl (C=O) groups excluding carboxylic acids is 1. The Labute approximate surface area is 188 Å². The van der Waals surface area contributed by atoms with Gasteiger partial charge < -0.3 is 9.88 Å². The van der Waals surface area contributed by atoms with Crippen LogP contribution in [0, 0.1) is 10.1 Å². The van der Waals surface area contributed by atoms with Crippen LogP contribution in [-0.2, 0) is 11.3 Å². The SMILES string of the molecule is O=C(CSc1cn(Cc2ccc(Cl)cc2)c2ccccc12)Nc1ccc([N+](=O)[O-])cc1. The van der Waals surface area contributed by atoms with E-state index in [1.54, 1.807) is 0 Å². The topological polar surface area (TPSA) is 77.2 Å². The first-order valence-corrected chi connectivity index (χ1v) is 10.9. The Balaban J connectivity index is 1.46. The summed E-state index contributed by atoms with van der Waals surface area (Å²) >= 11 is 7.44. The zero-order valence-electron chi connectivity index (χ0n) is 16.3. The van der Waals surface area contributed by atoms with Gasteiger partial charge in [0.1, 0.15) is 0 Å². The van der Waals surface area contributed by atoms with Crippen molar-refractivity contribution < 1.29 is 9.72 Å². The number of nitro benzene ring substituents is 1. The molecule has 4 rings (SSSR count). The maximum absolute atomic E-state index is 12.4. The fourth-order valence-electron chi connectivity index (χ4n) is 3.25. The number of carbonyl (C=O) groups is 1. The summed E-state index contributed by atoms with van der Waals surface area (Å²) < 4.78 is 2.16. The highest BCUT2D eigenvalue weighted by atomic mass is 35.5. The van der Waals surface area contributed by atoms with Gasteiger partial charge in [0, 0.05) is 51.4 Å². The Morgan fingerprint density at radius 3 is 2.45 bits per heavy atom. The maximum Gasteiger partial charge on any atom is 0.269 e. The molecule has 0 saturated carbocycles. The van der Waals surface area contributed by atoms with Gasteiger partial charge in [0.15, 0.2) is 0 Å². The third-order valence-electron chi connectivity index (χ3n) is 4.74. The van der Waals surface area contributed by atoms with Crippen LogP contribution < -0.4 is 5.32 Å². The van der Waals surface area contributed by atoms with Crippen LogP contribution in [0.1, 0.15) is 5.56 Å². The number of thioether (sulfide) groups is 1. The molecule has 0 fully saturated rings. The van der Waals surface area contributed by atoms with Gasteiger partial charge in [0.05, 0.1) is 10.7 Å². The molecule has 6 nitrogen and oxygen atoms in total. The third-order valence-corrected chi connectivity index (χ3v) is 6.03. The molecule has 1 amide bonds. The summed E-state index contributed by atoms with van der Waals surface area (Å²) in [6, 6.07) is 21.6. The van der Waals surface area contributed by atoms with Crippen molar-refractivity contribution in [2.45, 2.75) is 11.4 Å². The molecule has 0 spiro atoms. The maximum atomic E-state index is 12.4. The summed E-state index contributed by atoms with van der Waals surface area (Å²) in [7, 11) is 0. The molecule has 0 aliphatic heterocycles. The Morgan fingerprint density at radius 2 is 1.74 bits per heavy atom. The Bertz CT molecular complexity index is 1240. The lowest BCUT2D eigenvalue weighted by molar-refractivity contribution is -0.384. The average molecular weight is 452 g/mol. The summed E-state index contributed by atoms with van der Waals surface area (Å²) in [5.74, 6) is 0.0553. The number of benzene rings is 3. The third kappa shape index (κ3) is 5.07. The minimum atomic E-state index is -0.471. The molecule has 0 saturated heterocycles. The summed E-state index contributed by atoms with van der Waals surface area (Å²) in [6.07, 6.45) is 2.06. The van der Waals surface area contributed by atoms with Crippen LogP contribution in [-0.4, -0.2) is 21.2 Å². The van der Waals surface area contributed by atoms with Crippen LogP contribution >= 0.6 is 23.4 Å².